The van der Waals surface area contributed by atoms with E-state index < -0.39 is 0 Å². The lowest BCUT2D eigenvalue weighted by Crippen LogP contribution is -2.25. The number of thiazole rings is 2. The van der Waals surface area contributed by atoms with Gasteiger partial charge in [-0.25, -0.2) is 54.8 Å². The van der Waals surface area contributed by atoms with E-state index in [2.05, 4.69) is 158 Å². The third-order valence-corrected chi connectivity index (χ3v) is 18.9. The first-order valence-electron chi connectivity index (χ1n) is 38.9. The van der Waals surface area contributed by atoms with Crippen LogP contribution >= 0.6 is 69.3 Å². The van der Waals surface area contributed by atoms with Crippen LogP contribution in [0.15, 0.2) is 90.8 Å². The minimum atomic E-state index is 0.603. The fraction of sp³-hybridized carbons (Fsp3) is 0.577. The predicted molar refractivity (Wildman–Crippen MR) is 498 cm³/mol. The number of thioether (sulfide) groups is 2. The summed E-state index contributed by atoms with van der Waals surface area (Å²) < 4.78 is 40.2. The largest absolute Gasteiger partial charge is 0.478 e. The second-order valence-corrected chi connectivity index (χ2v) is 33.5. The number of aryl methyl sites for hydroxylation is 22. The summed E-state index contributed by atoms with van der Waals surface area (Å²) in [6, 6.07) is 0. The second-order valence-electron chi connectivity index (χ2n) is 27.1. The molecular formula is C78H131N33O6S6. The van der Waals surface area contributed by atoms with Crippen LogP contribution < -0.4 is 0 Å². The van der Waals surface area contributed by atoms with E-state index in [4.69, 9.17) is 18.3 Å². The van der Waals surface area contributed by atoms with Crippen LogP contribution in [-0.2, 0) is 23.6 Å². The Kier molecular flexibility index (Phi) is 57.0. The van der Waals surface area contributed by atoms with Gasteiger partial charge in [0.25, 0.3) is 0 Å². The predicted octanol–water partition coefficient (Wildman–Crippen LogP) is 14.8. The third kappa shape index (κ3) is 62.3. The van der Waals surface area contributed by atoms with E-state index >= 15 is 0 Å². The fourth-order valence-electron chi connectivity index (χ4n) is 8.80. The van der Waals surface area contributed by atoms with E-state index in [-0.39, 0.29) is 0 Å². The minimum absolute atomic E-state index is 0.603. The Balaban J connectivity index is 0.000000654. The molecule has 45 heteroatoms. The van der Waals surface area contributed by atoms with Crippen molar-refractivity contribution in [2.75, 3.05) is 93.4 Å². The molecule has 0 aliphatic carbocycles. The van der Waals surface area contributed by atoms with Crippen LogP contribution in [0.5, 0.6) is 0 Å². The number of hydrazone groups is 6. The molecule has 0 saturated heterocycles. The minimum Gasteiger partial charge on any atom is -0.478 e. The van der Waals surface area contributed by atoms with Gasteiger partial charge in [-0.15, -0.1) is 44.6 Å². The van der Waals surface area contributed by atoms with E-state index in [1.54, 1.807) is 102 Å². The number of oxazole rings is 2. The molecule has 123 heavy (non-hydrogen) atoms. The lowest BCUT2D eigenvalue weighted by atomic mass is 10.2. The maximum Gasteiger partial charge on any atom is 0.223 e. The van der Waals surface area contributed by atoms with Gasteiger partial charge in [-0.2, -0.15) is 49.3 Å². The van der Waals surface area contributed by atoms with Gasteiger partial charge < -0.3 is 32.4 Å². The third-order valence-electron chi connectivity index (χ3n) is 13.8. The van der Waals surface area contributed by atoms with Crippen LogP contribution in [0.4, 0.5) is 0 Å². The number of nitrogens with zero attached hydrogens (tertiary/aromatic N) is 33. The molecule has 0 fully saturated rings. The molecule has 6 aliphatic heterocycles. The van der Waals surface area contributed by atoms with Crippen molar-refractivity contribution < 1.29 is 27.4 Å². The average molecular weight is 1820 g/mol. The van der Waals surface area contributed by atoms with Gasteiger partial charge in [-0.1, -0.05) is 22.1 Å². The molecule has 6 aliphatic rings. The number of rotatable bonds is 0. The summed E-state index contributed by atoms with van der Waals surface area (Å²) in [6.07, 6.45) is 11.7. The summed E-state index contributed by atoms with van der Waals surface area (Å²) in [7, 11) is 15.5. The van der Waals surface area contributed by atoms with Crippen molar-refractivity contribution in [2.45, 2.75) is 199 Å². The Bertz CT molecular complexity index is 3850. The summed E-state index contributed by atoms with van der Waals surface area (Å²) in [5, 5.41) is 61.8. The lowest BCUT2D eigenvalue weighted by Gasteiger charge is -2.19. The molecule has 0 spiro atoms. The number of hydrogen-bond donors (Lipinski definition) is 0. The molecule has 17 rings (SSSR count). The summed E-state index contributed by atoms with van der Waals surface area (Å²) in [5.41, 5.74) is 6.65. The summed E-state index contributed by atoms with van der Waals surface area (Å²) in [5.74, 6) is 12.8. The molecule has 0 N–H and O–H groups in total. The zero-order valence-electron chi connectivity index (χ0n) is 78.5. The van der Waals surface area contributed by atoms with Crippen LogP contribution in [0, 0.1) is 138 Å². The molecule has 11 aromatic rings. The molecule has 39 nitrogen and oxygen atoms in total. The molecule has 11 aromatic heterocycles. The van der Waals surface area contributed by atoms with Crippen molar-refractivity contribution in [2.24, 2.45) is 44.7 Å². The Hall–Kier alpha value is -10.5. The zero-order valence-corrected chi connectivity index (χ0v) is 83.4. The van der Waals surface area contributed by atoms with Gasteiger partial charge >= 0.3 is 0 Å². The smallest absolute Gasteiger partial charge is 0.223 e. The molecule has 0 saturated carbocycles. The highest BCUT2D eigenvalue weighted by Gasteiger charge is 2.08. The highest BCUT2D eigenvalue weighted by Crippen LogP contribution is 2.14. The van der Waals surface area contributed by atoms with Gasteiger partial charge in [-0.05, 0) is 174 Å². The quantitative estimate of drug-likeness (QED) is 0.136. The van der Waals surface area contributed by atoms with E-state index in [0.717, 1.165) is 146 Å². The summed E-state index contributed by atoms with van der Waals surface area (Å²) in [4.78, 5) is 51.2. The Morgan fingerprint density at radius 1 is 0.341 bits per heavy atom. The van der Waals surface area contributed by atoms with Crippen LogP contribution in [0.2, 0.25) is 0 Å². The molecule has 0 aromatic carbocycles. The molecule has 680 valence electrons. The maximum absolute atomic E-state index is 5.06. The van der Waals surface area contributed by atoms with Crippen LogP contribution in [0.3, 0.4) is 0 Å². The monoisotopic (exact) mass is 1820 g/mol. The van der Waals surface area contributed by atoms with Crippen molar-refractivity contribution in [1.29, 1.82) is 0 Å². The van der Waals surface area contributed by atoms with Crippen LogP contribution in [-0.4, -0.2) is 260 Å². The molecule has 17 heterocycles. The van der Waals surface area contributed by atoms with Gasteiger partial charge in [0, 0.05) is 163 Å². The lowest BCUT2D eigenvalue weighted by molar-refractivity contribution is 0.189. The molecule has 0 bridgehead atoms. The molecule has 0 atom stereocenters. The first-order valence-corrected chi connectivity index (χ1v) is 44.1. The van der Waals surface area contributed by atoms with Gasteiger partial charge in [0.1, 0.15) is 83.1 Å². The standard InChI is InChI=1S/C6H12N2.C5H7N3.C5H10N2O.C5H10N2S.C5H10N2.2C5H7NO.2C5H7NS.2C4H7N3.C4H8N2O.2C4H6N2O.C4H8N2S.2C4H6N2S/c1-6-4-3-5-8(2)7-6;1-4-6-3-7-5(2)8-4;2*1-5-6-7(2)3-4-8-5;1-5-3-4-7(2)6-5;4*1-4-3-7-5(2)6-4;2*1-4-5-3-7(2)6-4;1-4-5-6(2)3-7-4;2*1-3-5-4(2)7-6-3;1-4-5-6(2)3-7-4;2*1-3-5-4(2)7-6-3/h3-5H2,1-2H3;3H,1-2H3;2*3-4H2,1-2H3;3-4H2,1-2H3;6*3H,1-2H3;3H2,1-2H3;2*1-2H3;3H2,1-2H3;2*1-2H3. The van der Waals surface area contributed by atoms with Crippen molar-refractivity contribution in [3.63, 3.8) is 0 Å². The topological polar surface area (TPSA) is 419 Å². The van der Waals surface area contributed by atoms with E-state index in [1.165, 1.54) is 69.5 Å². The van der Waals surface area contributed by atoms with E-state index in [9.17, 15) is 0 Å². The van der Waals surface area contributed by atoms with Gasteiger partial charge in [-0.3, -0.25) is 34.4 Å². The number of aromatic nitrogens is 21. The molecular weight excluding hydrogens is 1690 g/mol. The highest BCUT2D eigenvalue weighted by molar-refractivity contribution is 8.14. The van der Waals surface area contributed by atoms with Crippen LogP contribution in [0.1, 0.15) is 174 Å². The molecule has 0 radical (unpaired) electrons. The van der Waals surface area contributed by atoms with Gasteiger partial charge in [0.2, 0.25) is 23.6 Å². The Labute approximate surface area is 751 Å². The van der Waals surface area contributed by atoms with Crippen molar-refractivity contribution in [3.05, 3.63) is 155 Å². The van der Waals surface area contributed by atoms with Crippen molar-refractivity contribution >= 4 is 103 Å². The number of hydrogen-bond acceptors (Lipinski definition) is 43. The van der Waals surface area contributed by atoms with E-state index in [1.807, 2.05) is 232 Å². The first kappa shape index (κ1) is 110. The van der Waals surface area contributed by atoms with Crippen molar-refractivity contribution in [1.82, 2.24) is 133 Å². The fourth-order valence-corrected chi connectivity index (χ4v) is 12.4. The SMILES string of the molecule is CC1=NN(C)CC1.CC1=NN(C)CCC1.CC1=NN(C)CCO1.CC1=NN(C)CCS1.CC1=NN(C)CO1.CC1=NN(C)CS1.Cc1coc(C)n1.Cc1coc(C)n1.Cc1csc(C)n1.Cc1csc(C)n1.Cc1ncn(C)n1.Cc1ncn(C)n1.Cc1ncnc(C)n1.Cc1noc(C)n1.Cc1noc(C)n1.Cc1nsc(C)n1.Cc1nsc(C)n1. The van der Waals surface area contributed by atoms with E-state index in [0.29, 0.717) is 30.2 Å². The Morgan fingerprint density at radius 2 is 0.772 bits per heavy atom. The average Bonchev–Trinajstić information content (AvgIpc) is 1.40. The summed E-state index contributed by atoms with van der Waals surface area (Å²) in [6.45, 7) is 55.2. The summed E-state index contributed by atoms with van der Waals surface area (Å²) >= 11 is 9.88. The normalized spacial score (nSPS) is 13.3. The molecule has 0 amide bonds. The van der Waals surface area contributed by atoms with Crippen molar-refractivity contribution in [3.8, 4) is 0 Å². The maximum atomic E-state index is 5.06. The van der Waals surface area contributed by atoms with Gasteiger partial charge in [0.05, 0.1) is 43.9 Å². The molecule has 0 unspecified atom stereocenters. The zero-order chi connectivity index (χ0) is 92.5. The van der Waals surface area contributed by atoms with Gasteiger partial charge in [0.15, 0.2) is 30.2 Å². The highest BCUT2D eigenvalue weighted by atomic mass is 32.2. The first-order chi connectivity index (χ1) is 57.9. The number of likely N-dealkylation sites (N-methyl/N-ethyl adjacent to an activating group) is 1. The Morgan fingerprint density at radius 3 is 0.927 bits per heavy atom. The van der Waals surface area contributed by atoms with Crippen LogP contribution in [0.25, 0.3) is 0 Å². The second kappa shape index (κ2) is 63.4. The number of ether oxygens (including phenoxy) is 2.